The predicted molar refractivity (Wildman–Crippen MR) is 101 cm³/mol. The van der Waals surface area contributed by atoms with Gasteiger partial charge < -0.3 is 9.88 Å². The molecule has 1 amide bonds. The zero-order valence-corrected chi connectivity index (χ0v) is 17.2. The molecular weight excluding hydrogens is 441 g/mol. The summed E-state index contributed by atoms with van der Waals surface area (Å²) >= 11 is 0. The molecule has 0 aliphatic carbocycles. The van der Waals surface area contributed by atoms with Gasteiger partial charge in [0.15, 0.2) is 11.6 Å². The van der Waals surface area contributed by atoms with Crippen molar-refractivity contribution in [1.29, 1.82) is 0 Å². The summed E-state index contributed by atoms with van der Waals surface area (Å²) in [6.45, 7) is 1.92. The van der Waals surface area contributed by atoms with Crippen LogP contribution >= 0.6 is 13.5 Å². The van der Waals surface area contributed by atoms with Crippen LogP contribution in [0.15, 0.2) is 29.3 Å². The maximum atomic E-state index is 13.4. The average Bonchev–Trinajstić information content (AvgIpc) is 2.94. The minimum Gasteiger partial charge on any atom is -0.345 e. The van der Waals surface area contributed by atoms with E-state index in [4.69, 9.17) is 0 Å². The van der Waals surface area contributed by atoms with Gasteiger partial charge in [-0.2, -0.15) is 31.4 Å². The first kappa shape index (κ1) is 24.9. The number of benzene rings is 1. The van der Waals surface area contributed by atoms with E-state index >= 15 is 0 Å². The first-order chi connectivity index (χ1) is 12.7. The topological polar surface area (TPSA) is 80.2 Å². The van der Waals surface area contributed by atoms with Crippen molar-refractivity contribution in [3.8, 4) is 0 Å². The SMILES string of the molecule is Cc1cc(NC(=O)c2cc(S(=O)(=O)N[C@@H](C)C(F)(F)F)cn2C)cc(F)c1F.S. The lowest BCUT2D eigenvalue weighted by atomic mass is 10.2. The Morgan fingerprint density at radius 2 is 1.76 bits per heavy atom. The second-order valence-corrected chi connectivity index (χ2v) is 7.81. The molecule has 0 bridgehead atoms. The second-order valence-electron chi connectivity index (χ2n) is 6.10. The lowest BCUT2D eigenvalue weighted by molar-refractivity contribution is -0.147. The van der Waals surface area contributed by atoms with Crippen molar-refractivity contribution in [1.82, 2.24) is 9.29 Å². The van der Waals surface area contributed by atoms with Gasteiger partial charge in [-0.1, -0.05) is 0 Å². The fourth-order valence-electron chi connectivity index (χ4n) is 2.27. The first-order valence-electron chi connectivity index (χ1n) is 7.75. The molecule has 0 spiro atoms. The number of nitrogens with one attached hydrogen (secondary N) is 2. The zero-order valence-electron chi connectivity index (χ0n) is 15.4. The maximum absolute atomic E-state index is 13.4. The number of halogens is 5. The number of carbonyl (C=O) groups excluding carboxylic acids is 1. The molecule has 1 aromatic heterocycles. The molecule has 0 saturated carbocycles. The molecular formula is C16H18F5N3O3S2. The van der Waals surface area contributed by atoms with E-state index in [9.17, 15) is 35.2 Å². The molecule has 0 saturated heterocycles. The Hall–Kier alpha value is -2.12. The molecule has 29 heavy (non-hydrogen) atoms. The monoisotopic (exact) mass is 459 g/mol. The summed E-state index contributed by atoms with van der Waals surface area (Å²) in [7, 11) is -3.25. The molecule has 13 heteroatoms. The standard InChI is InChI=1S/C16H16F5N3O3S.H2S/c1-8-4-10(5-12(17)14(8)18)22-15(25)13-6-11(7-24(13)3)28(26,27)23-9(2)16(19,20)21;/h4-7,9,23H,1-3H3,(H,22,25);1H2/t9-;/m0./s1. The Morgan fingerprint density at radius 3 is 2.28 bits per heavy atom. The fourth-order valence-corrected chi connectivity index (χ4v) is 3.57. The number of anilines is 1. The van der Waals surface area contributed by atoms with Crippen molar-refractivity contribution >= 4 is 35.1 Å². The molecule has 0 radical (unpaired) electrons. The predicted octanol–water partition coefficient (Wildman–Crippen LogP) is 3.21. The number of nitrogens with zero attached hydrogens (tertiary/aromatic N) is 1. The Labute approximate surface area is 170 Å². The summed E-state index contributed by atoms with van der Waals surface area (Å²) in [5.41, 5.74) is -0.353. The molecule has 2 N–H and O–H groups in total. The maximum Gasteiger partial charge on any atom is 0.404 e. The largest absolute Gasteiger partial charge is 0.404 e. The number of carbonyl (C=O) groups is 1. The molecule has 0 aliphatic heterocycles. The number of aryl methyl sites for hydroxylation is 2. The average molecular weight is 459 g/mol. The summed E-state index contributed by atoms with van der Waals surface area (Å²) in [4.78, 5) is 11.8. The van der Waals surface area contributed by atoms with Gasteiger partial charge in [-0.15, -0.1) is 0 Å². The molecule has 2 aromatic rings. The number of sulfonamides is 1. The minimum absolute atomic E-state index is 0. The highest BCUT2D eigenvalue weighted by atomic mass is 32.2. The van der Waals surface area contributed by atoms with Gasteiger partial charge in [0.25, 0.3) is 5.91 Å². The summed E-state index contributed by atoms with van der Waals surface area (Å²) in [6, 6.07) is 0.449. The van der Waals surface area contributed by atoms with Gasteiger partial charge in [0, 0.05) is 25.0 Å². The molecule has 162 valence electrons. The molecule has 0 unspecified atom stereocenters. The van der Waals surface area contributed by atoms with E-state index in [0.29, 0.717) is 6.92 Å². The van der Waals surface area contributed by atoms with Crippen LogP contribution in [0.25, 0.3) is 0 Å². The Balaban J connectivity index is 0.00000420. The zero-order chi connectivity index (χ0) is 21.4. The van der Waals surface area contributed by atoms with Crippen molar-refractivity contribution in [3.05, 3.63) is 47.3 Å². The van der Waals surface area contributed by atoms with Crippen LogP contribution < -0.4 is 10.0 Å². The lowest BCUT2D eigenvalue weighted by Gasteiger charge is -2.16. The van der Waals surface area contributed by atoms with Crippen LogP contribution in [0.5, 0.6) is 0 Å². The first-order valence-corrected chi connectivity index (χ1v) is 9.23. The fraction of sp³-hybridized carbons (Fsp3) is 0.312. The number of amides is 1. The summed E-state index contributed by atoms with van der Waals surface area (Å²) in [6.07, 6.45) is -3.83. The van der Waals surface area contributed by atoms with Gasteiger partial charge in [-0.05, 0) is 31.5 Å². The third kappa shape index (κ3) is 5.70. The highest BCUT2D eigenvalue weighted by Crippen LogP contribution is 2.23. The molecule has 0 aliphatic rings. The second kappa shape index (κ2) is 8.71. The Bertz CT molecular complexity index is 996. The summed E-state index contributed by atoms with van der Waals surface area (Å²) < 4.78 is 91.3. The van der Waals surface area contributed by atoms with Gasteiger partial charge in [0.1, 0.15) is 16.6 Å². The quantitative estimate of drug-likeness (QED) is 0.674. The van der Waals surface area contributed by atoms with Crippen LogP contribution in [0.2, 0.25) is 0 Å². The van der Waals surface area contributed by atoms with Crippen LogP contribution in [0, 0.1) is 18.6 Å². The highest BCUT2D eigenvalue weighted by Gasteiger charge is 2.39. The summed E-state index contributed by atoms with van der Waals surface area (Å²) in [5, 5.41) is 2.28. The third-order valence-electron chi connectivity index (χ3n) is 3.81. The van der Waals surface area contributed by atoms with Gasteiger partial charge in [0.05, 0.1) is 0 Å². The van der Waals surface area contributed by atoms with Crippen molar-refractivity contribution in [2.24, 2.45) is 7.05 Å². The number of aromatic nitrogens is 1. The molecule has 1 heterocycles. The van der Waals surface area contributed by atoms with Crippen LogP contribution in [0.1, 0.15) is 23.0 Å². The molecule has 0 fully saturated rings. The van der Waals surface area contributed by atoms with Crippen LogP contribution in [0.3, 0.4) is 0 Å². The van der Waals surface area contributed by atoms with Crippen molar-refractivity contribution in [2.45, 2.75) is 31.0 Å². The van der Waals surface area contributed by atoms with Crippen molar-refractivity contribution in [3.63, 3.8) is 0 Å². The normalized spacial score (nSPS) is 13.0. The Morgan fingerprint density at radius 1 is 1.17 bits per heavy atom. The molecule has 1 aromatic carbocycles. The number of hydrogen-bond acceptors (Lipinski definition) is 3. The molecule has 2 rings (SSSR count). The van der Waals surface area contributed by atoms with E-state index in [2.05, 4.69) is 5.32 Å². The molecule has 6 nitrogen and oxygen atoms in total. The van der Waals surface area contributed by atoms with E-state index in [1.807, 2.05) is 0 Å². The minimum atomic E-state index is -4.79. The van der Waals surface area contributed by atoms with Gasteiger partial charge in [0.2, 0.25) is 10.0 Å². The summed E-state index contributed by atoms with van der Waals surface area (Å²) in [5.74, 6) is -3.12. The van der Waals surface area contributed by atoms with E-state index in [1.165, 1.54) is 24.8 Å². The number of alkyl halides is 3. The van der Waals surface area contributed by atoms with Gasteiger partial charge in [-0.3, -0.25) is 4.79 Å². The van der Waals surface area contributed by atoms with Crippen LogP contribution in [-0.2, 0) is 17.1 Å². The van der Waals surface area contributed by atoms with E-state index in [-0.39, 0.29) is 30.4 Å². The lowest BCUT2D eigenvalue weighted by Crippen LogP contribution is -2.42. The van der Waals surface area contributed by atoms with Gasteiger partial charge >= 0.3 is 6.18 Å². The third-order valence-corrected chi connectivity index (χ3v) is 5.32. The Kier molecular flexibility index (Phi) is 7.49. The van der Waals surface area contributed by atoms with Crippen molar-refractivity contribution in [2.75, 3.05) is 5.32 Å². The van der Waals surface area contributed by atoms with Crippen molar-refractivity contribution < 1.29 is 35.2 Å². The van der Waals surface area contributed by atoms with Crippen LogP contribution in [-0.4, -0.2) is 31.1 Å². The number of rotatable bonds is 5. The molecule has 1 atom stereocenters. The van der Waals surface area contributed by atoms with Gasteiger partial charge in [-0.25, -0.2) is 17.2 Å². The van der Waals surface area contributed by atoms with E-state index < -0.39 is 44.7 Å². The van der Waals surface area contributed by atoms with E-state index in [1.54, 1.807) is 0 Å². The smallest absolute Gasteiger partial charge is 0.345 e. The van der Waals surface area contributed by atoms with E-state index in [0.717, 1.165) is 22.9 Å². The van der Waals surface area contributed by atoms with Crippen LogP contribution in [0.4, 0.5) is 27.6 Å². The highest BCUT2D eigenvalue weighted by molar-refractivity contribution is 7.89. The number of hydrogen-bond donors (Lipinski definition) is 2.